The Kier molecular flexibility index (Phi) is 3.97. The van der Waals surface area contributed by atoms with Gasteiger partial charge in [0.2, 0.25) is 0 Å². The summed E-state index contributed by atoms with van der Waals surface area (Å²) in [5.74, 6) is -0.583. The lowest BCUT2D eigenvalue weighted by Gasteiger charge is -2.13. The van der Waals surface area contributed by atoms with E-state index in [-0.39, 0.29) is 5.56 Å². The number of carboxylic acid groups (broad SMARTS) is 1. The van der Waals surface area contributed by atoms with Crippen molar-refractivity contribution in [3.63, 3.8) is 0 Å². The van der Waals surface area contributed by atoms with Gasteiger partial charge in [-0.2, -0.15) is 9.61 Å². The molecule has 0 fully saturated rings. The van der Waals surface area contributed by atoms with E-state index >= 15 is 0 Å². The van der Waals surface area contributed by atoms with Crippen molar-refractivity contribution in [3.8, 4) is 0 Å². The second-order valence-electron chi connectivity index (χ2n) is 4.59. The third kappa shape index (κ3) is 2.62. The number of thioether (sulfide) groups is 1. The highest BCUT2D eigenvalue weighted by Crippen LogP contribution is 2.27. The zero-order chi connectivity index (χ0) is 15.5. The van der Waals surface area contributed by atoms with E-state index in [1.165, 1.54) is 16.3 Å². The van der Waals surface area contributed by atoms with E-state index < -0.39 is 5.97 Å². The van der Waals surface area contributed by atoms with Crippen LogP contribution in [0.2, 0.25) is 0 Å². The van der Waals surface area contributed by atoms with Crippen LogP contribution in [0.15, 0.2) is 47.6 Å². The van der Waals surface area contributed by atoms with Crippen LogP contribution in [0.4, 0.5) is 5.82 Å². The minimum absolute atomic E-state index is 0.139. The molecule has 0 spiro atoms. The van der Waals surface area contributed by atoms with Crippen LogP contribution in [0.3, 0.4) is 0 Å². The summed E-state index contributed by atoms with van der Waals surface area (Å²) in [5.41, 5.74) is 1.81. The Balaban J connectivity index is 2.07. The molecule has 3 aromatic rings. The number of aromatic carboxylic acids is 1. The molecule has 0 atom stereocenters. The van der Waals surface area contributed by atoms with Gasteiger partial charge < -0.3 is 10.4 Å². The fourth-order valence-electron chi connectivity index (χ4n) is 2.21. The van der Waals surface area contributed by atoms with Crippen molar-refractivity contribution >= 4 is 29.2 Å². The first kappa shape index (κ1) is 14.4. The number of benzene rings is 1. The monoisotopic (exact) mass is 314 g/mol. The summed E-state index contributed by atoms with van der Waals surface area (Å²) in [6.07, 6.45) is 3.41. The summed E-state index contributed by atoms with van der Waals surface area (Å²) in [7, 11) is 0. The summed E-state index contributed by atoms with van der Waals surface area (Å²) in [6, 6.07) is 11.5. The zero-order valence-electron chi connectivity index (χ0n) is 11.9. The van der Waals surface area contributed by atoms with Crippen molar-refractivity contribution < 1.29 is 9.90 Å². The number of nitrogens with zero attached hydrogens (tertiary/aromatic N) is 3. The molecule has 112 valence electrons. The van der Waals surface area contributed by atoms with Gasteiger partial charge in [0, 0.05) is 12.6 Å². The molecule has 2 aromatic heterocycles. The highest BCUT2D eigenvalue weighted by atomic mass is 32.2. The molecule has 2 heterocycles. The van der Waals surface area contributed by atoms with E-state index in [1.54, 1.807) is 12.3 Å². The molecule has 0 aliphatic rings. The number of anilines is 1. The van der Waals surface area contributed by atoms with E-state index in [0.29, 0.717) is 23.0 Å². The Hall–Kier alpha value is -2.54. The lowest BCUT2D eigenvalue weighted by molar-refractivity contribution is 0.0692. The lowest BCUT2D eigenvalue weighted by atomic mass is 10.2. The van der Waals surface area contributed by atoms with Gasteiger partial charge >= 0.3 is 5.97 Å². The standard InChI is InChI=1S/C15H14N4O2S/c1-22-14-12(15(20)21)13(19-11(18-14)7-8-17-19)16-9-10-5-3-2-4-6-10/h2-8,16H,9H2,1H3,(H,20,21). The molecular weight excluding hydrogens is 300 g/mol. The first-order valence-electron chi connectivity index (χ1n) is 6.63. The van der Waals surface area contributed by atoms with Crippen molar-refractivity contribution in [2.24, 2.45) is 0 Å². The van der Waals surface area contributed by atoms with Gasteiger partial charge in [-0.1, -0.05) is 30.3 Å². The Bertz CT molecular complexity index is 817. The molecule has 0 saturated heterocycles. The first-order chi connectivity index (χ1) is 10.7. The van der Waals surface area contributed by atoms with E-state index in [0.717, 1.165) is 5.56 Å². The largest absolute Gasteiger partial charge is 0.477 e. The average Bonchev–Trinajstić information content (AvgIpc) is 3.00. The molecule has 0 aliphatic carbocycles. The minimum atomic E-state index is -1.02. The molecule has 0 bridgehead atoms. The molecule has 22 heavy (non-hydrogen) atoms. The molecular formula is C15H14N4O2S. The highest BCUT2D eigenvalue weighted by Gasteiger charge is 2.21. The number of fused-ring (bicyclic) bond motifs is 1. The van der Waals surface area contributed by atoms with Crippen LogP contribution >= 0.6 is 11.8 Å². The predicted octanol–water partition coefficient (Wildman–Crippen LogP) is 2.76. The summed E-state index contributed by atoms with van der Waals surface area (Å²) in [5, 5.41) is 17.4. The van der Waals surface area contributed by atoms with Gasteiger partial charge in [0.1, 0.15) is 16.4 Å². The van der Waals surface area contributed by atoms with Crippen molar-refractivity contribution in [1.29, 1.82) is 0 Å². The number of aromatic nitrogens is 3. The Morgan fingerprint density at radius 2 is 2.09 bits per heavy atom. The first-order valence-corrected chi connectivity index (χ1v) is 7.86. The highest BCUT2D eigenvalue weighted by molar-refractivity contribution is 7.98. The fourth-order valence-corrected chi connectivity index (χ4v) is 2.78. The molecule has 3 rings (SSSR count). The van der Waals surface area contributed by atoms with Gasteiger partial charge in [-0.3, -0.25) is 0 Å². The Morgan fingerprint density at radius 3 is 2.77 bits per heavy atom. The maximum Gasteiger partial charge on any atom is 0.342 e. The molecule has 6 nitrogen and oxygen atoms in total. The van der Waals surface area contributed by atoms with Crippen molar-refractivity contribution in [1.82, 2.24) is 14.6 Å². The predicted molar refractivity (Wildman–Crippen MR) is 85.5 cm³/mol. The second kappa shape index (κ2) is 6.07. The summed E-state index contributed by atoms with van der Waals surface area (Å²) in [6.45, 7) is 0.508. The molecule has 0 unspecified atom stereocenters. The summed E-state index contributed by atoms with van der Waals surface area (Å²) < 4.78 is 1.52. The topological polar surface area (TPSA) is 79.5 Å². The normalized spacial score (nSPS) is 10.8. The maximum absolute atomic E-state index is 11.6. The third-order valence-corrected chi connectivity index (χ3v) is 3.89. The molecule has 2 N–H and O–H groups in total. The van der Waals surface area contributed by atoms with E-state index in [9.17, 15) is 9.90 Å². The van der Waals surface area contributed by atoms with Gasteiger partial charge in [0.15, 0.2) is 5.65 Å². The summed E-state index contributed by atoms with van der Waals surface area (Å²) in [4.78, 5) is 16.0. The lowest BCUT2D eigenvalue weighted by Crippen LogP contribution is -2.14. The van der Waals surface area contributed by atoms with Gasteiger partial charge in [-0.05, 0) is 11.8 Å². The molecule has 7 heteroatoms. The number of hydrogen-bond donors (Lipinski definition) is 2. The smallest absolute Gasteiger partial charge is 0.342 e. The van der Waals surface area contributed by atoms with Crippen LogP contribution in [0.25, 0.3) is 5.65 Å². The van der Waals surface area contributed by atoms with Crippen LogP contribution in [-0.2, 0) is 6.54 Å². The SMILES string of the molecule is CSc1nc2ccnn2c(NCc2ccccc2)c1C(=O)O. The van der Waals surface area contributed by atoms with E-state index in [4.69, 9.17) is 0 Å². The average molecular weight is 314 g/mol. The van der Waals surface area contributed by atoms with Crippen LogP contribution in [0.5, 0.6) is 0 Å². The van der Waals surface area contributed by atoms with E-state index in [2.05, 4.69) is 15.4 Å². The van der Waals surface area contributed by atoms with Crippen LogP contribution in [-0.4, -0.2) is 31.9 Å². The van der Waals surface area contributed by atoms with Crippen LogP contribution in [0.1, 0.15) is 15.9 Å². The molecule has 0 aliphatic heterocycles. The number of rotatable bonds is 5. The summed E-state index contributed by atoms with van der Waals surface area (Å²) >= 11 is 1.30. The van der Waals surface area contributed by atoms with Crippen LogP contribution in [0, 0.1) is 0 Å². The molecule has 0 saturated carbocycles. The Morgan fingerprint density at radius 1 is 1.32 bits per heavy atom. The van der Waals surface area contributed by atoms with Crippen molar-refractivity contribution in [2.45, 2.75) is 11.6 Å². The van der Waals surface area contributed by atoms with E-state index in [1.807, 2.05) is 36.6 Å². The number of carbonyl (C=O) groups is 1. The molecule has 0 radical (unpaired) electrons. The maximum atomic E-state index is 11.6. The number of carboxylic acids is 1. The van der Waals surface area contributed by atoms with Gasteiger partial charge in [-0.25, -0.2) is 9.78 Å². The zero-order valence-corrected chi connectivity index (χ0v) is 12.7. The van der Waals surface area contributed by atoms with Gasteiger partial charge in [0.25, 0.3) is 0 Å². The Labute approximate surface area is 131 Å². The second-order valence-corrected chi connectivity index (χ2v) is 5.39. The fraction of sp³-hybridized carbons (Fsp3) is 0.133. The minimum Gasteiger partial charge on any atom is -0.477 e. The quantitative estimate of drug-likeness (QED) is 0.557. The van der Waals surface area contributed by atoms with Crippen molar-refractivity contribution in [3.05, 3.63) is 53.7 Å². The third-order valence-electron chi connectivity index (χ3n) is 3.21. The molecule has 0 amide bonds. The van der Waals surface area contributed by atoms with Crippen molar-refractivity contribution in [2.75, 3.05) is 11.6 Å². The van der Waals surface area contributed by atoms with Gasteiger partial charge in [0.05, 0.1) is 6.20 Å². The number of hydrogen-bond acceptors (Lipinski definition) is 5. The van der Waals surface area contributed by atoms with Gasteiger partial charge in [-0.15, -0.1) is 11.8 Å². The number of nitrogens with one attached hydrogen (secondary N) is 1. The molecule has 1 aromatic carbocycles. The van der Waals surface area contributed by atoms with Crippen LogP contribution < -0.4 is 5.32 Å².